The molecule has 0 spiro atoms. The van der Waals surface area contributed by atoms with Crippen molar-refractivity contribution in [3.8, 4) is 0 Å². The van der Waals surface area contributed by atoms with Crippen molar-refractivity contribution in [2.24, 2.45) is 0 Å². The van der Waals surface area contributed by atoms with Crippen LogP contribution in [0.2, 0.25) is 0 Å². The summed E-state index contributed by atoms with van der Waals surface area (Å²) in [6, 6.07) is 0. The number of ether oxygens (including phenoxy) is 1. The number of rotatable bonds is 2. The van der Waals surface area contributed by atoms with Gasteiger partial charge in [0.1, 0.15) is 5.82 Å². The van der Waals surface area contributed by atoms with Gasteiger partial charge in [0.25, 0.3) is 0 Å². The highest BCUT2D eigenvalue weighted by atomic mass is 16.5. The topological polar surface area (TPSA) is 78.1 Å². The molecule has 0 amide bonds. The molecular formula is C8H11N3O2. The Kier molecular flexibility index (Phi) is 2.79. The Bertz CT molecular complexity index is 325. The number of carbonyl (C=O) groups excluding carboxylic acids is 1. The van der Waals surface area contributed by atoms with Crippen LogP contribution in [-0.2, 0) is 4.74 Å². The highest BCUT2D eigenvalue weighted by Gasteiger charge is 2.12. The molecule has 1 aromatic rings. The van der Waals surface area contributed by atoms with Crippen LogP contribution in [0, 0.1) is 6.92 Å². The molecule has 1 heterocycles. The minimum Gasteiger partial charge on any atom is -0.461 e. The third-order valence-corrected chi connectivity index (χ3v) is 1.41. The maximum absolute atomic E-state index is 11.2. The van der Waals surface area contributed by atoms with Gasteiger partial charge in [-0.05, 0) is 13.8 Å². The number of hydrogen-bond donors (Lipinski definition) is 1. The first-order chi connectivity index (χ1) is 6.15. The summed E-state index contributed by atoms with van der Waals surface area (Å²) in [5, 5.41) is 0. The van der Waals surface area contributed by atoms with E-state index in [9.17, 15) is 4.79 Å². The fourth-order valence-electron chi connectivity index (χ4n) is 0.842. The fourth-order valence-corrected chi connectivity index (χ4v) is 0.842. The van der Waals surface area contributed by atoms with E-state index in [2.05, 4.69) is 9.97 Å². The van der Waals surface area contributed by atoms with Crippen LogP contribution in [-0.4, -0.2) is 22.5 Å². The van der Waals surface area contributed by atoms with Crippen molar-refractivity contribution in [2.75, 3.05) is 12.3 Å². The number of carbonyl (C=O) groups is 1. The molecule has 2 N–H and O–H groups in total. The highest BCUT2D eigenvalue weighted by molar-refractivity contribution is 5.92. The summed E-state index contributed by atoms with van der Waals surface area (Å²) in [5.74, 6) is -0.0113. The van der Waals surface area contributed by atoms with E-state index in [1.807, 2.05) is 0 Å². The number of aryl methyl sites for hydroxylation is 1. The van der Waals surface area contributed by atoms with Crippen molar-refractivity contribution in [1.29, 1.82) is 0 Å². The minimum absolute atomic E-state index is 0.134. The van der Waals surface area contributed by atoms with Crippen LogP contribution >= 0.6 is 0 Å². The van der Waals surface area contributed by atoms with Crippen molar-refractivity contribution >= 4 is 11.7 Å². The van der Waals surface area contributed by atoms with Gasteiger partial charge in [0.05, 0.1) is 18.5 Å². The second kappa shape index (κ2) is 3.84. The maximum Gasteiger partial charge on any atom is 0.359 e. The van der Waals surface area contributed by atoms with E-state index in [1.54, 1.807) is 13.8 Å². The van der Waals surface area contributed by atoms with E-state index in [0.717, 1.165) is 0 Å². The predicted molar refractivity (Wildman–Crippen MR) is 47.1 cm³/mol. The largest absolute Gasteiger partial charge is 0.461 e. The van der Waals surface area contributed by atoms with Gasteiger partial charge in [0.15, 0.2) is 5.69 Å². The Morgan fingerprint density at radius 3 is 3.00 bits per heavy atom. The summed E-state index contributed by atoms with van der Waals surface area (Å²) in [5.41, 5.74) is 5.87. The molecule has 13 heavy (non-hydrogen) atoms. The number of hydrogen-bond acceptors (Lipinski definition) is 5. The molecule has 0 saturated heterocycles. The lowest BCUT2D eigenvalue weighted by Crippen LogP contribution is -2.11. The zero-order valence-electron chi connectivity index (χ0n) is 7.57. The zero-order valence-corrected chi connectivity index (χ0v) is 7.57. The first-order valence-corrected chi connectivity index (χ1v) is 3.91. The van der Waals surface area contributed by atoms with E-state index in [4.69, 9.17) is 10.5 Å². The third kappa shape index (κ3) is 2.14. The Hall–Kier alpha value is -1.65. The van der Waals surface area contributed by atoms with Crippen LogP contribution in [0.3, 0.4) is 0 Å². The maximum atomic E-state index is 11.2. The smallest absolute Gasteiger partial charge is 0.359 e. The first-order valence-electron chi connectivity index (χ1n) is 3.91. The summed E-state index contributed by atoms with van der Waals surface area (Å²) in [7, 11) is 0. The van der Waals surface area contributed by atoms with Crippen molar-refractivity contribution < 1.29 is 9.53 Å². The van der Waals surface area contributed by atoms with Crippen molar-refractivity contribution in [1.82, 2.24) is 9.97 Å². The molecule has 1 aromatic heterocycles. The molecule has 0 unspecified atom stereocenters. The molecule has 0 bridgehead atoms. The van der Waals surface area contributed by atoms with Gasteiger partial charge in [-0.1, -0.05) is 0 Å². The van der Waals surface area contributed by atoms with Crippen LogP contribution in [0.25, 0.3) is 0 Å². The quantitative estimate of drug-likeness (QED) is 0.674. The van der Waals surface area contributed by atoms with Gasteiger partial charge in [-0.3, -0.25) is 0 Å². The van der Waals surface area contributed by atoms with Crippen molar-refractivity contribution in [2.45, 2.75) is 13.8 Å². The molecular weight excluding hydrogens is 170 g/mol. The molecule has 0 aliphatic rings. The lowest BCUT2D eigenvalue weighted by molar-refractivity contribution is 0.0520. The van der Waals surface area contributed by atoms with Crippen molar-refractivity contribution in [3.05, 3.63) is 17.7 Å². The SMILES string of the molecule is CCOC(=O)c1nc(C)ncc1N. The Morgan fingerprint density at radius 2 is 2.38 bits per heavy atom. The van der Waals surface area contributed by atoms with Crippen LogP contribution in [0.1, 0.15) is 23.2 Å². The number of aromatic nitrogens is 2. The molecule has 0 radical (unpaired) electrons. The highest BCUT2D eigenvalue weighted by Crippen LogP contribution is 2.08. The normalized spacial score (nSPS) is 9.69. The summed E-state index contributed by atoms with van der Waals surface area (Å²) < 4.78 is 4.75. The molecule has 0 atom stereocenters. The van der Waals surface area contributed by atoms with E-state index in [1.165, 1.54) is 6.20 Å². The number of nitrogens with zero attached hydrogens (tertiary/aromatic N) is 2. The van der Waals surface area contributed by atoms with Gasteiger partial charge in [-0.25, -0.2) is 14.8 Å². The Labute approximate surface area is 75.9 Å². The van der Waals surface area contributed by atoms with Crippen LogP contribution in [0.5, 0.6) is 0 Å². The molecule has 5 nitrogen and oxygen atoms in total. The predicted octanol–water partition coefficient (Wildman–Crippen LogP) is 0.544. The second-order valence-electron chi connectivity index (χ2n) is 2.44. The monoisotopic (exact) mass is 181 g/mol. The fraction of sp³-hybridized carbons (Fsp3) is 0.375. The molecule has 0 fully saturated rings. The van der Waals surface area contributed by atoms with Gasteiger partial charge in [-0.2, -0.15) is 0 Å². The minimum atomic E-state index is -0.509. The number of esters is 1. The summed E-state index contributed by atoms with van der Waals surface area (Å²) in [6.45, 7) is 3.71. The van der Waals surface area contributed by atoms with Gasteiger partial charge in [0.2, 0.25) is 0 Å². The second-order valence-corrected chi connectivity index (χ2v) is 2.44. The average molecular weight is 181 g/mol. The van der Waals surface area contributed by atoms with E-state index in [0.29, 0.717) is 12.4 Å². The lowest BCUT2D eigenvalue weighted by Gasteiger charge is -2.03. The van der Waals surface area contributed by atoms with E-state index >= 15 is 0 Å². The number of anilines is 1. The summed E-state index contributed by atoms with van der Waals surface area (Å²) in [6.07, 6.45) is 1.40. The van der Waals surface area contributed by atoms with E-state index < -0.39 is 5.97 Å². The zero-order chi connectivity index (χ0) is 9.84. The average Bonchev–Trinajstić information content (AvgIpc) is 2.09. The van der Waals surface area contributed by atoms with Gasteiger partial charge < -0.3 is 10.5 Å². The van der Waals surface area contributed by atoms with Crippen LogP contribution in [0.4, 0.5) is 5.69 Å². The molecule has 0 aliphatic heterocycles. The standard InChI is InChI=1S/C8H11N3O2/c1-3-13-8(12)7-6(9)4-10-5(2)11-7/h4H,3,9H2,1-2H3. The van der Waals surface area contributed by atoms with Crippen LogP contribution in [0.15, 0.2) is 6.20 Å². The third-order valence-electron chi connectivity index (χ3n) is 1.41. The lowest BCUT2D eigenvalue weighted by atomic mass is 10.3. The summed E-state index contributed by atoms with van der Waals surface area (Å²) >= 11 is 0. The Morgan fingerprint density at radius 1 is 1.69 bits per heavy atom. The Balaban J connectivity index is 2.99. The van der Waals surface area contributed by atoms with Gasteiger partial charge in [-0.15, -0.1) is 0 Å². The molecule has 70 valence electrons. The number of nitrogen functional groups attached to an aromatic ring is 1. The van der Waals surface area contributed by atoms with Gasteiger partial charge in [0, 0.05) is 0 Å². The molecule has 0 aliphatic carbocycles. The molecule has 1 rings (SSSR count). The van der Waals surface area contributed by atoms with E-state index in [-0.39, 0.29) is 11.4 Å². The van der Waals surface area contributed by atoms with Gasteiger partial charge >= 0.3 is 5.97 Å². The first kappa shape index (κ1) is 9.44. The van der Waals surface area contributed by atoms with Crippen LogP contribution < -0.4 is 5.73 Å². The molecule has 5 heteroatoms. The number of nitrogens with two attached hydrogens (primary N) is 1. The molecule has 0 saturated carbocycles. The summed E-state index contributed by atoms with van der Waals surface area (Å²) in [4.78, 5) is 18.9. The van der Waals surface area contributed by atoms with Crippen molar-refractivity contribution in [3.63, 3.8) is 0 Å². The molecule has 0 aromatic carbocycles.